The molecule has 1 amide bonds. The molecule has 47 heavy (non-hydrogen) atoms. The molecular weight excluding hydrogens is 636 g/mol. The van der Waals surface area contributed by atoms with Gasteiger partial charge in [0.15, 0.2) is 6.29 Å². The number of fused-ring (bicyclic) bond motifs is 1. The molecule has 1 saturated heterocycles. The Morgan fingerprint density at radius 2 is 1.72 bits per heavy atom. The van der Waals surface area contributed by atoms with Gasteiger partial charge in [-0.3, -0.25) is 10.2 Å². The van der Waals surface area contributed by atoms with E-state index in [1.54, 1.807) is 18.2 Å². The summed E-state index contributed by atoms with van der Waals surface area (Å²) in [6.45, 7) is 2.25. The number of nitrogens with zero attached hydrogens (tertiary/aromatic N) is 1. The molecule has 13 N–H and O–H groups in total. The molecule has 2 heterocycles. The van der Waals surface area contributed by atoms with Gasteiger partial charge in [0, 0.05) is 23.2 Å². The number of aliphatic hydroxyl groups excluding tert-OH is 4. The van der Waals surface area contributed by atoms with Gasteiger partial charge in [-0.2, -0.15) is 0 Å². The first-order chi connectivity index (χ1) is 21.9. The van der Waals surface area contributed by atoms with Gasteiger partial charge in [0.2, 0.25) is 15.9 Å². The summed E-state index contributed by atoms with van der Waals surface area (Å²) in [4.78, 5) is 20.6. The molecule has 0 bridgehead atoms. The van der Waals surface area contributed by atoms with E-state index in [1.165, 1.54) is 44.2 Å². The summed E-state index contributed by atoms with van der Waals surface area (Å²) < 4.78 is 31.7. The first-order valence-corrected chi connectivity index (χ1v) is 15.7. The van der Waals surface area contributed by atoms with Gasteiger partial charge in [0.05, 0.1) is 26.9 Å². The number of nitrogens with one attached hydrogen (secondary N) is 3. The molecule has 16 nitrogen and oxygen atoms in total. The normalized spacial score (nSPS) is 21.9. The maximum absolute atomic E-state index is 13.8. The Balaban J connectivity index is 1.69. The van der Waals surface area contributed by atoms with Crippen LogP contribution in [0.1, 0.15) is 25.0 Å². The van der Waals surface area contributed by atoms with Crippen LogP contribution in [-0.4, -0.2) is 98.0 Å². The van der Waals surface area contributed by atoms with E-state index in [0.29, 0.717) is 16.6 Å². The van der Waals surface area contributed by atoms with Gasteiger partial charge in [-0.1, -0.05) is 18.2 Å². The molecule has 1 aliphatic heterocycles. The molecule has 1 aromatic heterocycles. The van der Waals surface area contributed by atoms with Crippen LogP contribution in [0.5, 0.6) is 11.5 Å². The number of aromatic amines is 1. The average molecular weight is 671 g/mol. The van der Waals surface area contributed by atoms with Crippen LogP contribution < -0.4 is 16.2 Å². The number of rotatable bonds is 8. The Kier molecular flexibility index (Phi) is 8.75. The number of nitrogens with two attached hydrogens (primary N) is 2. The third-order valence-electron chi connectivity index (χ3n) is 8.15. The number of nitrogen functional groups attached to an aromatic ring is 1. The first-order valence-electron chi connectivity index (χ1n) is 14.2. The number of aromatic hydroxyl groups is 2. The third kappa shape index (κ3) is 6.12. The molecule has 5 unspecified atom stereocenters. The summed E-state index contributed by atoms with van der Waals surface area (Å²) >= 11 is 0. The maximum atomic E-state index is 13.8. The van der Waals surface area contributed by atoms with Crippen molar-refractivity contribution in [3.63, 3.8) is 0 Å². The second-order valence-electron chi connectivity index (χ2n) is 11.7. The lowest BCUT2D eigenvalue weighted by molar-refractivity contribution is -0.280. The molecular formula is C30H34N6O10S. The van der Waals surface area contributed by atoms with Crippen LogP contribution in [0.25, 0.3) is 33.5 Å². The highest BCUT2D eigenvalue weighted by Gasteiger charge is 2.44. The van der Waals surface area contributed by atoms with Crippen LogP contribution in [-0.2, 0) is 25.0 Å². The van der Waals surface area contributed by atoms with E-state index in [1.807, 2.05) is 0 Å². The van der Waals surface area contributed by atoms with E-state index in [4.69, 9.17) is 21.0 Å². The number of hydrogen-bond acceptors (Lipinski definition) is 12. The Hall–Kier alpha value is -4.62. The molecule has 1 aliphatic rings. The number of benzene rings is 3. The number of phenolic OH excluding ortho intramolecular Hbond substituents is 2. The number of carbonyl (C=O) groups excluding carboxylic acids is 1. The minimum atomic E-state index is -4.75. The molecule has 0 radical (unpaired) electrons. The fourth-order valence-electron chi connectivity index (χ4n) is 5.47. The summed E-state index contributed by atoms with van der Waals surface area (Å²) in [7, 11) is -4.75. The van der Waals surface area contributed by atoms with Crippen molar-refractivity contribution in [3.8, 4) is 34.0 Å². The minimum Gasteiger partial charge on any atom is -0.507 e. The van der Waals surface area contributed by atoms with Crippen molar-refractivity contribution < 1.29 is 48.6 Å². The number of aromatic nitrogens is 2. The van der Waals surface area contributed by atoms with Crippen LogP contribution in [0.3, 0.4) is 0 Å². The van der Waals surface area contributed by atoms with Crippen molar-refractivity contribution in [1.82, 2.24) is 15.3 Å². The lowest BCUT2D eigenvalue weighted by Crippen LogP contribution is -2.60. The van der Waals surface area contributed by atoms with Crippen molar-refractivity contribution in [3.05, 3.63) is 59.7 Å². The predicted octanol–water partition coefficient (Wildman–Crippen LogP) is -0.567. The maximum Gasteiger partial charge on any atom is 0.239 e. The number of hydrogen-bond donors (Lipinski definition) is 11. The Bertz CT molecular complexity index is 2000. The van der Waals surface area contributed by atoms with Crippen LogP contribution in [0, 0.1) is 5.41 Å². The average Bonchev–Trinajstić information content (AvgIpc) is 3.43. The monoisotopic (exact) mass is 670 g/mol. The SMILES string of the molecule is CC(C)(C(=O)NCC1OC(O)C(O)C(O)C1O)c1cc(-c2nc3ccc(C(=N)N)cc3[nH]2)c(O)c(-c2ccccc2O)c1S(N)(=O)=O. The molecule has 1 fully saturated rings. The second-order valence-corrected chi connectivity index (χ2v) is 13.2. The molecule has 250 valence electrons. The molecule has 4 aromatic rings. The largest absolute Gasteiger partial charge is 0.507 e. The number of aliphatic hydroxyl groups is 4. The number of carbonyl (C=O) groups is 1. The van der Waals surface area contributed by atoms with E-state index < -0.39 is 80.6 Å². The number of H-pyrrole nitrogens is 1. The number of para-hydroxylation sites is 1. The zero-order valence-corrected chi connectivity index (χ0v) is 25.9. The smallest absolute Gasteiger partial charge is 0.239 e. The zero-order valence-electron chi connectivity index (χ0n) is 25.0. The highest BCUT2D eigenvalue weighted by Crippen LogP contribution is 2.48. The van der Waals surface area contributed by atoms with Gasteiger partial charge in [0.1, 0.15) is 47.6 Å². The number of imidazole rings is 1. The Labute approximate surface area is 267 Å². The summed E-state index contributed by atoms with van der Waals surface area (Å²) in [5, 5.41) is 78.4. The fraction of sp³-hybridized carbons (Fsp3) is 0.300. The van der Waals surface area contributed by atoms with Crippen LogP contribution in [0.4, 0.5) is 0 Å². The van der Waals surface area contributed by atoms with Crippen LogP contribution in [0.2, 0.25) is 0 Å². The molecule has 17 heteroatoms. The summed E-state index contributed by atoms with van der Waals surface area (Å²) in [5.41, 5.74) is 4.23. The molecule has 0 saturated carbocycles. The predicted molar refractivity (Wildman–Crippen MR) is 168 cm³/mol. The van der Waals surface area contributed by atoms with Crippen LogP contribution in [0.15, 0.2) is 53.4 Å². The highest BCUT2D eigenvalue weighted by molar-refractivity contribution is 7.89. The lowest BCUT2D eigenvalue weighted by Gasteiger charge is -2.38. The quantitative estimate of drug-likeness (QED) is 0.0830. The lowest BCUT2D eigenvalue weighted by atomic mass is 9.80. The van der Waals surface area contributed by atoms with Crippen molar-refractivity contribution in [2.45, 2.75) is 54.9 Å². The van der Waals surface area contributed by atoms with E-state index in [2.05, 4.69) is 15.3 Å². The molecule has 0 aliphatic carbocycles. The number of ether oxygens (including phenoxy) is 1. The fourth-order valence-corrected chi connectivity index (χ4v) is 6.58. The van der Waals surface area contributed by atoms with Gasteiger partial charge in [0.25, 0.3) is 0 Å². The van der Waals surface area contributed by atoms with E-state index in [-0.39, 0.29) is 28.4 Å². The number of amides is 1. The first kappa shape index (κ1) is 33.7. The van der Waals surface area contributed by atoms with E-state index in [0.717, 1.165) is 0 Å². The number of sulfonamides is 1. The van der Waals surface area contributed by atoms with Gasteiger partial charge in [-0.15, -0.1) is 0 Å². The molecule has 0 spiro atoms. The van der Waals surface area contributed by atoms with E-state index in [9.17, 15) is 43.9 Å². The molecule has 5 atom stereocenters. The van der Waals surface area contributed by atoms with Crippen molar-refractivity contribution >= 4 is 32.8 Å². The van der Waals surface area contributed by atoms with E-state index >= 15 is 0 Å². The van der Waals surface area contributed by atoms with Gasteiger partial charge in [-0.25, -0.2) is 18.5 Å². The Morgan fingerprint density at radius 3 is 2.36 bits per heavy atom. The Morgan fingerprint density at radius 1 is 1.04 bits per heavy atom. The minimum absolute atomic E-state index is 0.0357. The molecule has 3 aromatic carbocycles. The van der Waals surface area contributed by atoms with Gasteiger partial charge < -0.3 is 51.4 Å². The summed E-state index contributed by atoms with van der Waals surface area (Å²) in [6, 6.07) is 11.5. The number of primary sulfonamides is 1. The van der Waals surface area contributed by atoms with Crippen molar-refractivity contribution in [2.24, 2.45) is 10.9 Å². The van der Waals surface area contributed by atoms with Crippen molar-refractivity contribution in [1.29, 1.82) is 5.41 Å². The highest BCUT2D eigenvalue weighted by atomic mass is 32.2. The topological polar surface area (TPSA) is 298 Å². The number of phenols is 2. The summed E-state index contributed by atoms with van der Waals surface area (Å²) in [5.74, 6) is -2.04. The number of amidine groups is 1. The van der Waals surface area contributed by atoms with Gasteiger partial charge >= 0.3 is 0 Å². The zero-order chi connectivity index (χ0) is 34.6. The van der Waals surface area contributed by atoms with Crippen molar-refractivity contribution in [2.75, 3.05) is 6.54 Å². The van der Waals surface area contributed by atoms with Gasteiger partial charge in [-0.05, 0) is 49.7 Å². The second kappa shape index (κ2) is 12.2. The van der Waals surface area contributed by atoms with Crippen LogP contribution >= 0.6 is 0 Å². The summed E-state index contributed by atoms with van der Waals surface area (Å²) in [6.07, 6.45) is -8.47. The molecule has 5 rings (SSSR count). The standard InChI is InChI=1S/C30H34N6O10S/c1-30(2,29(43)34-11-19-22(39)23(40)24(41)28(42)46-19)15-10-14(27-35-16-8-7-12(26(31)32)9-17(16)36-27)21(38)20(25(15)47(33,44)45)13-5-3-4-6-18(13)37/h3-10,19,22-24,28,37-42H,11H2,1-2H3,(H3,31,32)(H,34,43)(H,35,36)(H2,33,44,45). The third-order valence-corrected chi connectivity index (χ3v) is 9.14.